The molecule has 0 unspecified atom stereocenters. The summed E-state index contributed by atoms with van der Waals surface area (Å²) in [5.41, 5.74) is 6.50. The average molecular weight is 189 g/mol. The van der Waals surface area contributed by atoms with Gasteiger partial charge in [0.1, 0.15) is 0 Å². The molecule has 0 aliphatic carbocycles. The Kier molecular flexibility index (Phi) is 3.95. The lowest BCUT2D eigenvalue weighted by molar-refractivity contribution is 0.950. The molecule has 0 fully saturated rings. The third-order valence-electron chi connectivity index (χ3n) is 1.62. The standard InChI is InChI=1S/C9H11N5/c10-7-14-9(11)13-6-3-8-1-4-12-5-2-8/h1-2,4-5H,3,6H2,(H3,11,13,14). The van der Waals surface area contributed by atoms with Gasteiger partial charge in [0, 0.05) is 18.9 Å². The van der Waals surface area contributed by atoms with Gasteiger partial charge in [0.05, 0.1) is 0 Å². The number of nitrogens with one attached hydrogen (secondary N) is 1. The van der Waals surface area contributed by atoms with Crippen LogP contribution in [-0.2, 0) is 6.42 Å². The van der Waals surface area contributed by atoms with Crippen LogP contribution in [0.2, 0.25) is 0 Å². The van der Waals surface area contributed by atoms with E-state index in [-0.39, 0.29) is 5.96 Å². The molecular formula is C9H11N5. The van der Waals surface area contributed by atoms with Gasteiger partial charge in [0.25, 0.3) is 0 Å². The van der Waals surface area contributed by atoms with Crippen LogP contribution in [0.4, 0.5) is 0 Å². The van der Waals surface area contributed by atoms with Crippen LogP contribution in [0.1, 0.15) is 5.56 Å². The molecule has 0 bridgehead atoms. The molecule has 5 nitrogen and oxygen atoms in total. The van der Waals surface area contributed by atoms with E-state index in [0.29, 0.717) is 6.54 Å². The molecule has 0 aliphatic rings. The maximum atomic E-state index is 8.22. The predicted octanol–water partition coefficient (Wildman–Crippen LogP) is 0.00948. The molecule has 1 heterocycles. The Morgan fingerprint density at radius 2 is 2.29 bits per heavy atom. The molecule has 0 aliphatic heterocycles. The fraction of sp³-hybridized carbons (Fsp3) is 0.222. The largest absolute Gasteiger partial charge is 0.369 e. The highest BCUT2D eigenvalue weighted by Crippen LogP contribution is 1.96. The summed E-state index contributed by atoms with van der Waals surface area (Å²) >= 11 is 0. The van der Waals surface area contributed by atoms with Crippen molar-refractivity contribution in [2.75, 3.05) is 6.54 Å². The highest BCUT2D eigenvalue weighted by molar-refractivity contribution is 5.79. The minimum Gasteiger partial charge on any atom is -0.369 e. The maximum absolute atomic E-state index is 8.22. The van der Waals surface area contributed by atoms with Crippen molar-refractivity contribution >= 4 is 5.96 Å². The molecule has 72 valence electrons. The van der Waals surface area contributed by atoms with Crippen LogP contribution in [0, 0.1) is 11.5 Å². The summed E-state index contributed by atoms with van der Waals surface area (Å²) in [5.74, 6) is 0.154. The zero-order valence-corrected chi connectivity index (χ0v) is 7.64. The predicted molar refractivity (Wildman–Crippen MR) is 53.2 cm³/mol. The van der Waals surface area contributed by atoms with Crippen molar-refractivity contribution in [1.29, 1.82) is 5.26 Å². The van der Waals surface area contributed by atoms with E-state index in [4.69, 9.17) is 11.0 Å². The number of guanidine groups is 1. The number of hydrogen-bond acceptors (Lipinski definition) is 3. The lowest BCUT2D eigenvalue weighted by Crippen LogP contribution is -2.27. The number of pyridine rings is 1. The number of hydrogen-bond donors (Lipinski definition) is 2. The zero-order valence-electron chi connectivity index (χ0n) is 7.64. The van der Waals surface area contributed by atoms with Crippen LogP contribution in [0.25, 0.3) is 0 Å². The number of nitriles is 1. The van der Waals surface area contributed by atoms with Crippen molar-refractivity contribution in [3.8, 4) is 6.19 Å². The molecule has 0 saturated carbocycles. The summed E-state index contributed by atoms with van der Waals surface area (Å²) in [4.78, 5) is 7.85. The molecular weight excluding hydrogens is 178 g/mol. The third-order valence-corrected chi connectivity index (χ3v) is 1.62. The van der Waals surface area contributed by atoms with Gasteiger partial charge in [0.2, 0.25) is 5.96 Å². The maximum Gasteiger partial charge on any atom is 0.202 e. The monoisotopic (exact) mass is 189 g/mol. The minimum atomic E-state index is 0.154. The van der Waals surface area contributed by atoms with Gasteiger partial charge in [-0.05, 0) is 24.1 Å². The smallest absolute Gasteiger partial charge is 0.202 e. The van der Waals surface area contributed by atoms with Crippen molar-refractivity contribution < 1.29 is 0 Å². The highest BCUT2D eigenvalue weighted by Gasteiger charge is 1.91. The van der Waals surface area contributed by atoms with E-state index >= 15 is 0 Å². The SMILES string of the molecule is N#CNC(N)=NCCc1ccncc1. The fourth-order valence-corrected chi connectivity index (χ4v) is 0.952. The molecule has 0 amide bonds. The van der Waals surface area contributed by atoms with Crippen molar-refractivity contribution in [3.05, 3.63) is 30.1 Å². The summed E-state index contributed by atoms with van der Waals surface area (Å²) in [6.45, 7) is 0.560. The first-order valence-corrected chi connectivity index (χ1v) is 4.17. The molecule has 5 heteroatoms. The van der Waals surface area contributed by atoms with Gasteiger partial charge in [-0.3, -0.25) is 15.3 Å². The van der Waals surface area contributed by atoms with Crippen molar-refractivity contribution in [3.63, 3.8) is 0 Å². The quantitative estimate of drug-likeness (QED) is 0.303. The number of aliphatic imine (C=N–C) groups is 1. The summed E-state index contributed by atoms with van der Waals surface area (Å²) in [6.07, 6.45) is 5.95. The van der Waals surface area contributed by atoms with Gasteiger partial charge in [-0.25, -0.2) is 0 Å². The van der Waals surface area contributed by atoms with E-state index in [2.05, 4.69) is 15.3 Å². The average Bonchev–Trinajstić information content (AvgIpc) is 2.20. The Morgan fingerprint density at radius 3 is 2.93 bits per heavy atom. The Bertz CT molecular complexity index is 338. The second-order valence-corrected chi connectivity index (χ2v) is 2.61. The van der Waals surface area contributed by atoms with Crippen LogP contribution in [-0.4, -0.2) is 17.5 Å². The van der Waals surface area contributed by atoms with Crippen molar-refractivity contribution in [2.24, 2.45) is 10.7 Å². The molecule has 0 radical (unpaired) electrons. The molecule has 3 N–H and O–H groups in total. The number of aromatic nitrogens is 1. The number of nitrogens with two attached hydrogens (primary N) is 1. The molecule has 14 heavy (non-hydrogen) atoms. The Hall–Kier alpha value is -2.09. The van der Waals surface area contributed by atoms with E-state index in [0.717, 1.165) is 12.0 Å². The summed E-state index contributed by atoms with van der Waals surface area (Å²) < 4.78 is 0. The second kappa shape index (κ2) is 5.54. The Labute approximate surface area is 82.3 Å². The van der Waals surface area contributed by atoms with Crippen LogP contribution in [0.15, 0.2) is 29.5 Å². The lowest BCUT2D eigenvalue weighted by Gasteiger charge is -1.98. The Balaban J connectivity index is 2.36. The number of rotatable bonds is 3. The van der Waals surface area contributed by atoms with Gasteiger partial charge in [-0.15, -0.1) is 0 Å². The minimum absolute atomic E-state index is 0.154. The van der Waals surface area contributed by atoms with Crippen LogP contribution < -0.4 is 11.1 Å². The van der Waals surface area contributed by atoms with E-state index in [1.807, 2.05) is 12.1 Å². The molecule has 0 atom stereocenters. The van der Waals surface area contributed by atoms with Crippen molar-refractivity contribution in [1.82, 2.24) is 10.3 Å². The van der Waals surface area contributed by atoms with Gasteiger partial charge in [0.15, 0.2) is 6.19 Å². The van der Waals surface area contributed by atoms with E-state index in [1.54, 1.807) is 18.6 Å². The normalized spacial score (nSPS) is 10.6. The second-order valence-electron chi connectivity index (χ2n) is 2.61. The lowest BCUT2D eigenvalue weighted by atomic mass is 10.2. The molecule has 1 aromatic heterocycles. The number of nitrogens with zero attached hydrogens (tertiary/aromatic N) is 3. The van der Waals surface area contributed by atoms with Crippen LogP contribution in [0.5, 0.6) is 0 Å². The van der Waals surface area contributed by atoms with E-state index < -0.39 is 0 Å². The van der Waals surface area contributed by atoms with Gasteiger partial charge < -0.3 is 5.73 Å². The third kappa shape index (κ3) is 3.54. The highest BCUT2D eigenvalue weighted by atomic mass is 15.1. The fourth-order valence-electron chi connectivity index (χ4n) is 0.952. The summed E-state index contributed by atoms with van der Waals surface area (Å²) in [5, 5.41) is 10.5. The first-order valence-electron chi connectivity index (χ1n) is 4.17. The van der Waals surface area contributed by atoms with Crippen LogP contribution in [0.3, 0.4) is 0 Å². The summed E-state index contributed by atoms with van der Waals surface area (Å²) in [7, 11) is 0. The molecule has 1 aromatic rings. The van der Waals surface area contributed by atoms with Gasteiger partial charge in [-0.1, -0.05) is 0 Å². The topological polar surface area (TPSA) is 87.1 Å². The zero-order chi connectivity index (χ0) is 10.2. The molecule has 0 aromatic carbocycles. The van der Waals surface area contributed by atoms with E-state index in [9.17, 15) is 0 Å². The van der Waals surface area contributed by atoms with Gasteiger partial charge >= 0.3 is 0 Å². The Morgan fingerprint density at radius 1 is 1.57 bits per heavy atom. The van der Waals surface area contributed by atoms with E-state index in [1.165, 1.54) is 0 Å². The summed E-state index contributed by atoms with van der Waals surface area (Å²) in [6, 6.07) is 3.84. The molecule has 0 spiro atoms. The first-order chi connectivity index (χ1) is 6.83. The van der Waals surface area contributed by atoms with Crippen molar-refractivity contribution in [2.45, 2.75) is 6.42 Å². The molecule has 1 rings (SSSR count). The van der Waals surface area contributed by atoms with Gasteiger partial charge in [-0.2, -0.15) is 5.26 Å². The van der Waals surface area contributed by atoms with Crippen LogP contribution >= 0.6 is 0 Å². The molecule has 0 saturated heterocycles. The first kappa shape index (κ1) is 9.99.